The number of piperidine rings is 1. The van der Waals surface area contributed by atoms with Gasteiger partial charge in [-0.05, 0) is 51.1 Å². The molecule has 0 saturated carbocycles. The Balaban J connectivity index is 1.67. The van der Waals surface area contributed by atoms with Crippen LogP contribution in [0.4, 0.5) is 34.9 Å². The van der Waals surface area contributed by atoms with Gasteiger partial charge in [0.25, 0.3) is 0 Å². The van der Waals surface area contributed by atoms with E-state index in [-0.39, 0.29) is 46.3 Å². The Kier molecular flexibility index (Phi) is 9.18. The lowest BCUT2D eigenvalue weighted by Crippen LogP contribution is -2.50. The second-order valence-corrected chi connectivity index (χ2v) is 9.96. The van der Waals surface area contributed by atoms with E-state index in [4.69, 9.17) is 9.47 Å². The fourth-order valence-corrected chi connectivity index (χ4v) is 4.55. The summed E-state index contributed by atoms with van der Waals surface area (Å²) in [6.45, 7) is 4.26. The summed E-state index contributed by atoms with van der Waals surface area (Å²) in [5.74, 6) is -2.32. The van der Waals surface area contributed by atoms with Gasteiger partial charge in [-0.1, -0.05) is 12.1 Å². The number of benzene rings is 2. The molecule has 0 radical (unpaired) electrons. The van der Waals surface area contributed by atoms with E-state index in [0.29, 0.717) is 6.20 Å². The number of alkyl halides is 3. The molecular weight excluding hydrogens is 560 g/mol. The number of carbonyl (C=O) groups excluding carboxylic acids is 1. The molecule has 3 aromatic rings. The van der Waals surface area contributed by atoms with Crippen molar-refractivity contribution in [2.45, 2.75) is 44.6 Å². The van der Waals surface area contributed by atoms with Gasteiger partial charge in [-0.3, -0.25) is 10.1 Å². The van der Waals surface area contributed by atoms with Gasteiger partial charge < -0.3 is 30.1 Å². The monoisotopic (exact) mass is 592 g/mol. The third-order valence-electron chi connectivity index (χ3n) is 6.85. The molecule has 2 aromatic carbocycles. The number of anilines is 3. The van der Waals surface area contributed by atoms with Gasteiger partial charge in [-0.25, -0.2) is 9.37 Å². The third-order valence-corrected chi connectivity index (χ3v) is 6.85. The van der Waals surface area contributed by atoms with Gasteiger partial charge in [0.15, 0.2) is 5.75 Å². The van der Waals surface area contributed by atoms with Crippen LogP contribution in [0.5, 0.6) is 17.4 Å². The first-order valence-corrected chi connectivity index (χ1v) is 13.1. The molecule has 0 aliphatic carbocycles. The van der Waals surface area contributed by atoms with Gasteiger partial charge in [0, 0.05) is 37.8 Å². The first kappa shape index (κ1) is 30.9. The highest BCUT2D eigenvalue weighted by molar-refractivity contribution is 5.92. The molecule has 226 valence electrons. The zero-order valence-corrected chi connectivity index (χ0v) is 23.5. The quantitative estimate of drug-likeness (QED) is 0.208. The Hall–Kier alpha value is -4.01. The minimum absolute atomic E-state index is 0.00108. The molecule has 1 aliphatic rings. The van der Waals surface area contributed by atoms with E-state index in [1.807, 2.05) is 0 Å². The average molecular weight is 593 g/mol. The maximum absolute atomic E-state index is 15.3. The van der Waals surface area contributed by atoms with Gasteiger partial charge in [0.05, 0.1) is 18.5 Å². The Labute approximate surface area is 240 Å². The minimum Gasteiger partial charge on any atom is -0.495 e. The number of amides is 1. The van der Waals surface area contributed by atoms with Crippen molar-refractivity contribution in [3.05, 3.63) is 59.5 Å². The summed E-state index contributed by atoms with van der Waals surface area (Å²) in [5, 5.41) is 20.0. The number of rotatable bonds is 9. The Morgan fingerprint density at radius 3 is 2.48 bits per heavy atom. The number of carbonyl (C=O) groups is 1. The zero-order chi connectivity index (χ0) is 30.7. The molecule has 10 nitrogen and oxygen atoms in total. The zero-order valence-electron chi connectivity index (χ0n) is 23.5. The molecule has 0 bridgehead atoms. The lowest BCUT2D eigenvalue weighted by Gasteiger charge is -2.33. The average Bonchev–Trinajstić information content (AvgIpc) is 2.92. The minimum atomic E-state index is -4.87. The molecule has 2 heterocycles. The Morgan fingerprint density at radius 1 is 1.14 bits per heavy atom. The lowest BCUT2D eigenvalue weighted by atomic mass is 9.98. The van der Waals surface area contributed by atoms with E-state index in [0.717, 1.165) is 32.0 Å². The van der Waals surface area contributed by atoms with Crippen LogP contribution in [0.25, 0.3) is 0 Å². The largest absolute Gasteiger partial charge is 0.495 e. The summed E-state index contributed by atoms with van der Waals surface area (Å²) in [6.07, 6.45) is -2.83. The molecule has 1 saturated heterocycles. The van der Waals surface area contributed by atoms with Crippen LogP contribution < -0.4 is 30.3 Å². The maximum Gasteiger partial charge on any atom is 0.423 e. The first-order chi connectivity index (χ1) is 19.8. The highest BCUT2D eigenvalue weighted by Gasteiger charge is 2.37. The predicted molar refractivity (Wildman–Crippen MR) is 147 cm³/mol. The van der Waals surface area contributed by atoms with E-state index in [1.165, 1.54) is 57.2 Å². The van der Waals surface area contributed by atoms with Crippen LogP contribution >= 0.6 is 0 Å². The van der Waals surface area contributed by atoms with Crippen molar-refractivity contribution in [1.29, 1.82) is 0 Å². The standard InChI is InChI=1S/C28H32F4N6O4/c1-16(39)38(3)22-7-5-6-8-23(22)42-25-19(28(30,31)32)15-34-26(36-25)35-21-14-20(29)18(13-24(21)41-4)27(2,40)37-17-9-11-33-12-10-17/h5-8,13-15,17,33,37,40H,9-12H2,1-4H3,(H,34,35,36). The summed E-state index contributed by atoms with van der Waals surface area (Å²) in [7, 11) is 2.77. The normalized spacial score (nSPS) is 15.5. The van der Waals surface area contributed by atoms with E-state index < -0.39 is 29.2 Å². The summed E-state index contributed by atoms with van der Waals surface area (Å²) >= 11 is 0. The van der Waals surface area contributed by atoms with Crippen LogP contribution in [0.3, 0.4) is 0 Å². The fourth-order valence-electron chi connectivity index (χ4n) is 4.55. The molecule has 14 heteroatoms. The number of aliphatic hydroxyl groups is 1. The van der Waals surface area contributed by atoms with Gasteiger partial charge in [-0.2, -0.15) is 18.2 Å². The first-order valence-electron chi connectivity index (χ1n) is 13.1. The van der Waals surface area contributed by atoms with Crippen LogP contribution in [0, 0.1) is 5.82 Å². The van der Waals surface area contributed by atoms with E-state index >= 15 is 4.39 Å². The van der Waals surface area contributed by atoms with Crippen LogP contribution in [0.2, 0.25) is 0 Å². The Morgan fingerprint density at radius 2 is 1.83 bits per heavy atom. The van der Waals surface area contributed by atoms with Crippen molar-refractivity contribution in [3.63, 3.8) is 0 Å². The third kappa shape index (κ3) is 7.06. The number of ether oxygens (including phenoxy) is 2. The van der Waals surface area contributed by atoms with Crippen molar-refractivity contribution in [2.24, 2.45) is 0 Å². The molecule has 1 atom stereocenters. The van der Waals surface area contributed by atoms with Crippen LogP contribution in [0.1, 0.15) is 37.8 Å². The predicted octanol–water partition coefficient (Wildman–Crippen LogP) is 4.67. The summed E-state index contributed by atoms with van der Waals surface area (Å²) in [4.78, 5) is 20.8. The van der Waals surface area contributed by atoms with Crippen molar-refractivity contribution in [1.82, 2.24) is 20.6 Å². The van der Waals surface area contributed by atoms with Crippen LogP contribution in [-0.2, 0) is 16.7 Å². The summed E-state index contributed by atoms with van der Waals surface area (Å²) in [6, 6.07) is 8.32. The number of aromatic nitrogens is 2. The molecule has 1 unspecified atom stereocenters. The van der Waals surface area contributed by atoms with Gasteiger partial charge >= 0.3 is 6.18 Å². The molecule has 1 fully saturated rings. The van der Waals surface area contributed by atoms with Crippen molar-refractivity contribution in [2.75, 3.05) is 37.5 Å². The molecular formula is C28H32F4N6O4. The molecule has 4 N–H and O–H groups in total. The summed E-state index contributed by atoms with van der Waals surface area (Å²) in [5.41, 5.74) is -2.85. The number of para-hydroxylation sites is 2. The maximum atomic E-state index is 15.3. The van der Waals surface area contributed by atoms with Crippen LogP contribution in [0.15, 0.2) is 42.6 Å². The lowest BCUT2D eigenvalue weighted by molar-refractivity contribution is -0.139. The van der Waals surface area contributed by atoms with Gasteiger partial charge in [0.2, 0.25) is 17.7 Å². The van der Waals surface area contributed by atoms with Crippen LogP contribution in [-0.4, -0.2) is 54.3 Å². The second-order valence-electron chi connectivity index (χ2n) is 9.96. The molecule has 0 spiro atoms. The highest BCUT2D eigenvalue weighted by atomic mass is 19.4. The number of nitrogens with zero attached hydrogens (tertiary/aromatic N) is 3. The molecule has 42 heavy (non-hydrogen) atoms. The molecule has 1 amide bonds. The molecule has 1 aliphatic heterocycles. The van der Waals surface area contributed by atoms with Gasteiger partial charge in [0.1, 0.15) is 22.9 Å². The second kappa shape index (κ2) is 12.5. The fraction of sp³-hybridized carbons (Fsp3) is 0.393. The van der Waals surface area contributed by atoms with E-state index in [9.17, 15) is 23.1 Å². The van der Waals surface area contributed by atoms with Crippen molar-refractivity contribution >= 4 is 23.2 Å². The Bertz CT molecular complexity index is 1430. The topological polar surface area (TPSA) is 121 Å². The molecule has 4 rings (SSSR count). The number of hydrogen-bond acceptors (Lipinski definition) is 9. The van der Waals surface area contributed by atoms with Gasteiger partial charge in [-0.15, -0.1) is 0 Å². The number of hydrogen-bond donors (Lipinski definition) is 4. The molecule has 1 aromatic heterocycles. The van der Waals surface area contributed by atoms with E-state index in [1.54, 1.807) is 6.07 Å². The van der Waals surface area contributed by atoms with E-state index in [2.05, 4.69) is 25.9 Å². The SMILES string of the molecule is COc1cc(C(C)(O)NC2CCNCC2)c(F)cc1Nc1ncc(C(F)(F)F)c(Oc2ccccc2N(C)C(C)=O)n1. The number of methoxy groups -OCH3 is 1. The van der Waals surface area contributed by atoms with Crippen molar-refractivity contribution in [3.8, 4) is 17.4 Å². The smallest absolute Gasteiger partial charge is 0.423 e. The number of nitrogens with one attached hydrogen (secondary N) is 3. The highest BCUT2D eigenvalue weighted by Crippen LogP contribution is 2.40. The number of halogens is 4. The van der Waals surface area contributed by atoms with Crippen molar-refractivity contribution < 1.29 is 36.9 Å². The summed E-state index contributed by atoms with van der Waals surface area (Å²) < 4.78 is 67.8.